The van der Waals surface area contributed by atoms with Gasteiger partial charge < -0.3 is 5.32 Å². The van der Waals surface area contributed by atoms with Crippen molar-refractivity contribution >= 4 is 15.9 Å². The fraction of sp³-hybridized carbons (Fsp3) is 0.417. The second-order valence-electron chi connectivity index (χ2n) is 4.54. The number of carbonyl (C=O) groups is 1. The Morgan fingerprint density at radius 2 is 2.00 bits per heavy atom. The molecule has 1 aromatic rings. The van der Waals surface area contributed by atoms with Gasteiger partial charge in [-0.2, -0.15) is 4.72 Å². The summed E-state index contributed by atoms with van der Waals surface area (Å²) < 4.78 is 52.8. The molecule has 110 valence electrons. The van der Waals surface area contributed by atoms with Gasteiger partial charge in [-0.25, -0.2) is 17.2 Å². The van der Waals surface area contributed by atoms with Gasteiger partial charge in [0.2, 0.25) is 15.9 Å². The van der Waals surface area contributed by atoms with E-state index in [1.165, 1.54) is 0 Å². The van der Waals surface area contributed by atoms with Gasteiger partial charge in [0.1, 0.15) is 22.6 Å². The Bertz CT molecular complexity index is 619. The lowest BCUT2D eigenvalue weighted by molar-refractivity contribution is -0.122. The molecule has 0 spiro atoms. The molecule has 2 rings (SSSR count). The van der Waals surface area contributed by atoms with Crippen molar-refractivity contribution in [1.29, 1.82) is 0 Å². The Kier molecular flexibility index (Phi) is 4.34. The summed E-state index contributed by atoms with van der Waals surface area (Å²) in [5.41, 5.74) is 0. The SMILES string of the molecule is O=C1NCCCCC1NS(=O)(=O)c1cc(F)ccc1F. The number of halogens is 2. The van der Waals surface area contributed by atoms with E-state index in [1.54, 1.807) is 0 Å². The number of carbonyl (C=O) groups excluding carboxylic acids is 1. The summed E-state index contributed by atoms with van der Waals surface area (Å²) in [6, 6.07) is 1.18. The maximum absolute atomic E-state index is 13.5. The van der Waals surface area contributed by atoms with E-state index >= 15 is 0 Å². The van der Waals surface area contributed by atoms with Crippen LogP contribution in [0, 0.1) is 11.6 Å². The van der Waals surface area contributed by atoms with Crippen LogP contribution in [-0.2, 0) is 14.8 Å². The minimum absolute atomic E-state index is 0.321. The zero-order valence-electron chi connectivity index (χ0n) is 10.5. The summed E-state index contributed by atoms with van der Waals surface area (Å²) in [6.45, 7) is 0.478. The standard InChI is InChI=1S/C12H14F2N2O3S/c13-8-4-5-9(14)11(7-8)20(18,19)16-10-3-1-2-6-15-12(10)17/h4-5,7,10,16H,1-3,6H2,(H,15,17). The van der Waals surface area contributed by atoms with Crippen molar-refractivity contribution in [3.05, 3.63) is 29.8 Å². The molecule has 2 N–H and O–H groups in total. The quantitative estimate of drug-likeness (QED) is 0.871. The van der Waals surface area contributed by atoms with Crippen LogP contribution in [0.1, 0.15) is 19.3 Å². The van der Waals surface area contributed by atoms with Crippen molar-refractivity contribution in [3.63, 3.8) is 0 Å². The zero-order chi connectivity index (χ0) is 14.8. The molecule has 0 aromatic heterocycles. The van der Waals surface area contributed by atoms with Crippen molar-refractivity contribution in [3.8, 4) is 0 Å². The third-order valence-corrected chi connectivity index (χ3v) is 4.50. The fourth-order valence-corrected chi connectivity index (χ4v) is 3.30. The third-order valence-electron chi connectivity index (χ3n) is 3.02. The topological polar surface area (TPSA) is 75.3 Å². The molecule has 20 heavy (non-hydrogen) atoms. The van der Waals surface area contributed by atoms with Crippen molar-refractivity contribution in [2.75, 3.05) is 6.54 Å². The maximum atomic E-state index is 13.5. The summed E-state index contributed by atoms with van der Waals surface area (Å²) in [5, 5.41) is 2.56. The molecule has 1 aliphatic heterocycles. The molecule has 0 bridgehead atoms. The first-order valence-corrected chi connectivity index (χ1v) is 7.63. The van der Waals surface area contributed by atoms with E-state index in [4.69, 9.17) is 0 Å². The minimum atomic E-state index is -4.29. The Morgan fingerprint density at radius 1 is 1.25 bits per heavy atom. The Hall–Kier alpha value is -1.54. The van der Waals surface area contributed by atoms with E-state index in [0.29, 0.717) is 25.5 Å². The molecule has 0 aliphatic carbocycles. The Morgan fingerprint density at radius 3 is 2.75 bits per heavy atom. The molecule has 1 aromatic carbocycles. The Labute approximate surface area is 115 Å². The molecule has 5 nitrogen and oxygen atoms in total. The van der Waals surface area contributed by atoms with Gasteiger partial charge >= 0.3 is 0 Å². The molecular formula is C12H14F2N2O3S. The van der Waals surface area contributed by atoms with E-state index in [2.05, 4.69) is 10.0 Å². The van der Waals surface area contributed by atoms with Gasteiger partial charge in [-0.1, -0.05) is 0 Å². The number of sulfonamides is 1. The van der Waals surface area contributed by atoms with E-state index in [9.17, 15) is 22.0 Å². The normalized spacial score (nSPS) is 20.3. The smallest absolute Gasteiger partial charge is 0.244 e. The lowest BCUT2D eigenvalue weighted by Gasteiger charge is -2.15. The van der Waals surface area contributed by atoms with Crippen LogP contribution >= 0.6 is 0 Å². The highest BCUT2D eigenvalue weighted by atomic mass is 32.2. The van der Waals surface area contributed by atoms with Crippen molar-refractivity contribution < 1.29 is 22.0 Å². The predicted molar refractivity (Wildman–Crippen MR) is 67.3 cm³/mol. The van der Waals surface area contributed by atoms with Gasteiger partial charge in [0.15, 0.2) is 0 Å². The zero-order valence-corrected chi connectivity index (χ0v) is 11.3. The van der Waals surface area contributed by atoms with Crippen LogP contribution in [0.3, 0.4) is 0 Å². The summed E-state index contributed by atoms with van der Waals surface area (Å²) in [5.74, 6) is -2.38. The molecular weight excluding hydrogens is 290 g/mol. The highest BCUT2D eigenvalue weighted by molar-refractivity contribution is 7.89. The molecule has 0 radical (unpaired) electrons. The van der Waals surface area contributed by atoms with E-state index in [-0.39, 0.29) is 0 Å². The Balaban J connectivity index is 2.26. The highest BCUT2D eigenvalue weighted by Crippen LogP contribution is 2.17. The summed E-state index contributed by atoms with van der Waals surface area (Å²) in [6.07, 6.45) is 1.73. The summed E-state index contributed by atoms with van der Waals surface area (Å²) in [4.78, 5) is 10.9. The first kappa shape index (κ1) is 14.9. The van der Waals surface area contributed by atoms with Gasteiger partial charge in [-0.05, 0) is 37.5 Å². The van der Waals surface area contributed by atoms with Crippen molar-refractivity contribution in [1.82, 2.24) is 10.0 Å². The molecule has 1 atom stereocenters. The molecule has 1 fully saturated rings. The second-order valence-corrected chi connectivity index (χ2v) is 6.22. The third kappa shape index (κ3) is 3.31. The largest absolute Gasteiger partial charge is 0.355 e. The highest BCUT2D eigenvalue weighted by Gasteiger charge is 2.28. The van der Waals surface area contributed by atoms with Crippen LogP contribution in [0.5, 0.6) is 0 Å². The number of hydrogen-bond acceptors (Lipinski definition) is 3. The molecule has 0 saturated carbocycles. The first-order valence-electron chi connectivity index (χ1n) is 6.15. The fourth-order valence-electron chi connectivity index (χ4n) is 1.99. The molecule has 8 heteroatoms. The van der Waals surface area contributed by atoms with Crippen molar-refractivity contribution in [2.24, 2.45) is 0 Å². The van der Waals surface area contributed by atoms with E-state index in [1.807, 2.05) is 0 Å². The maximum Gasteiger partial charge on any atom is 0.244 e. The lowest BCUT2D eigenvalue weighted by Crippen LogP contribution is -2.45. The van der Waals surface area contributed by atoms with Gasteiger partial charge in [0, 0.05) is 6.54 Å². The van der Waals surface area contributed by atoms with Gasteiger partial charge in [0.05, 0.1) is 0 Å². The minimum Gasteiger partial charge on any atom is -0.355 e. The molecule has 1 amide bonds. The number of benzene rings is 1. The van der Waals surface area contributed by atoms with Crippen molar-refractivity contribution in [2.45, 2.75) is 30.2 Å². The monoisotopic (exact) mass is 304 g/mol. The average molecular weight is 304 g/mol. The van der Waals surface area contributed by atoms with Gasteiger partial charge in [0.25, 0.3) is 0 Å². The number of hydrogen-bond donors (Lipinski definition) is 2. The molecule has 1 aliphatic rings. The van der Waals surface area contributed by atoms with Crippen LogP contribution in [0.25, 0.3) is 0 Å². The number of nitrogens with one attached hydrogen (secondary N) is 2. The predicted octanol–water partition coefficient (Wildman–Crippen LogP) is 0.912. The lowest BCUT2D eigenvalue weighted by atomic mass is 10.1. The van der Waals surface area contributed by atoms with Crippen LogP contribution < -0.4 is 10.0 Å². The van der Waals surface area contributed by atoms with E-state index in [0.717, 1.165) is 18.6 Å². The number of amides is 1. The van der Waals surface area contributed by atoms with Crippen LogP contribution in [-0.4, -0.2) is 26.9 Å². The van der Waals surface area contributed by atoms with Crippen LogP contribution in [0.15, 0.2) is 23.1 Å². The second kappa shape index (κ2) is 5.84. The molecule has 1 unspecified atom stereocenters. The first-order chi connectivity index (χ1) is 9.40. The summed E-state index contributed by atoms with van der Waals surface area (Å²) in [7, 11) is -4.29. The molecule has 1 saturated heterocycles. The average Bonchev–Trinajstić information content (AvgIpc) is 2.57. The number of rotatable bonds is 3. The molecule has 1 heterocycles. The van der Waals surface area contributed by atoms with E-state index < -0.39 is 38.5 Å². The van der Waals surface area contributed by atoms with Gasteiger partial charge in [-0.15, -0.1) is 0 Å². The van der Waals surface area contributed by atoms with Crippen LogP contribution in [0.2, 0.25) is 0 Å². The summed E-state index contributed by atoms with van der Waals surface area (Å²) >= 11 is 0. The van der Waals surface area contributed by atoms with Crippen LogP contribution in [0.4, 0.5) is 8.78 Å². The van der Waals surface area contributed by atoms with Gasteiger partial charge in [-0.3, -0.25) is 4.79 Å².